The molecular weight excluding hydrogens is 255 g/mol. The number of ether oxygens (including phenoxy) is 1. The lowest BCUT2D eigenvalue weighted by Gasteiger charge is -2.16. The third-order valence-electron chi connectivity index (χ3n) is 2.74. The fourth-order valence-corrected chi connectivity index (χ4v) is 1.65. The minimum atomic E-state index is -4.28. The summed E-state index contributed by atoms with van der Waals surface area (Å²) >= 11 is 0. The number of alkyl halides is 3. The second-order valence-electron chi connectivity index (χ2n) is 4.72. The summed E-state index contributed by atoms with van der Waals surface area (Å²) in [6.07, 6.45) is -4.09. The monoisotopic (exact) mass is 275 g/mol. The Hall–Kier alpha value is -1.07. The molecule has 1 atom stereocenters. The summed E-state index contributed by atoms with van der Waals surface area (Å²) < 4.78 is 42.6. The van der Waals surface area contributed by atoms with Crippen LogP contribution in [0.2, 0.25) is 0 Å². The average Bonchev–Trinajstić information content (AvgIpc) is 2.33. The van der Waals surface area contributed by atoms with Crippen LogP contribution in [-0.4, -0.2) is 19.3 Å². The molecule has 0 aliphatic heterocycles. The number of rotatable bonds is 6. The van der Waals surface area contributed by atoms with E-state index in [2.05, 4.69) is 5.32 Å². The second-order valence-corrected chi connectivity index (χ2v) is 4.72. The van der Waals surface area contributed by atoms with Crippen LogP contribution in [0.1, 0.15) is 37.9 Å². The minimum Gasteiger partial charge on any atom is -0.377 e. The maximum Gasteiger partial charge on any atom is 0.416 e. The first kappa shape index (κ1) is 16.0. The minimum absolute atomic E-state index is 0.00181. The first-order chi connectivity index (χ1) is 8.80. The van der Waals surface area contributed by atoms with Gasteiger partial charge in [0, 0.05) is 12.6 Å². The highest BCUT2D eigenvalue weighted by atomic mass is 19.4. The van der Waals surface area contributed by atoms with Gasteiger partial charge >= 0.3 is 6.18 Å². The molecule has 0 aliphatic rings. The molecule has 2 nitrogen and oxygen atoms in total. The van der Waals surface area contributed by atoms with Crippen LogP contribution in [0.4, 0.5) is 13.2 Å². The summed E-state index contributed by atoms with van der Waals surface area (Å²) in [5.74, 6) is 0. The maximum atomic E-state index is 12.4. The largest absolute Gasteiger partial charge is 0.416 e. The Labute approximate surface area is 112 Å². The smallest absolute Gasteiger partial charge is 0.377 e. The Kier molecular flexibility index (Phi) is 5.82. The summed E-state index contributed by atoms with van der Waals surface area (Å²) in [4.78, 5) is 0. The number of hydrogen-bond donors (Lipinski definition) is 1. The van der Waals surface area contributed by atoms with Gasteiger partial charge in [-0.15, -0.1) is 0 Å². The van der Waals surface area contributed by atoms with Gasteiger partial charge in [0.1, 0.15) is 0 Å². The zero-order valence-electron chi connectivity index (χ0n) is 11.4. The molecule has 0 radical (unpaired) electrons. The van der Waals surface area contributed by atoms with Crippen LogP contribution in [-0.2, 0) is 10.9 Å². The van der Waals surface area contributed by atoms with Crippen LogP contribution in [0.15, 0.2) is 24.3 Å². The van der Waals surface area contributed by atoms with E-state index in [9.17, 15) is 13.2 Å². The molecular formula is C14H20F3NO. The molecule has 0 bridgehead atoms. The molecule has 1 aromatic rings. The third kappa shape index (κ3) is 5.61. The quantitative estimate of drug-likeness (QED) is 0.798. The predicted octanol–water partition coefficient (Wildman–Crippen LogP) is 3.78. The lowest BCUT2D eigenvalue weighted by atomic mass is 10.1. The lowest BCUT2D eigenvalue weighted by Crippen LogP contribution is -2.24. The summed E-state index contributed by atoms with van der Waals surface area (Å²) in [7, 11) is 0. The molecule has 0 aliphatic carbocycles. The van der Waals surface area contributed by atoms with E-state index < -0.39 is 11.7 Å². The number of nitrogens with one attached hydrogen (secondary N) is 1. The van der Waals surface area contributed by atoms with Crippen LogP contribution in [0.3, 0.4) is 0 Å². The molecule has 0 fully saturated rings. The second kappa shape index (κ2) is 6.91. The Morgan fingerprint density at radius 3 is 2.16 bits per heavy atom. The third-order valence-corrected chi connectivity index (χ3v) is 2.74. The van der Waals surface area contributed by atoms with Gasteiger partial charge in [-0.2, -0.15) is 13.2 Å². The highest BCUT2D eigenvalue weighted by molar-refractivity contribution is 5.26. The average molecular weight is 275 g/mol. The molecule has 5 heteroatoms. The van der Waals surface area contributed by atoms with Gasteiger partial charge in [0.05, 0.1) is 18.3 Å². The van der Waals surface area contributed by atoms with E-state index in [0.717, 1.165) is 17.7 Å². The van der Waals surface area contributed by atoms with Crippen molar-refractivity contribution in [3.63, 3.8) is 0 Å². The van der Waals surface area contributed by atoms with E-state index in [1.165, 1.54) is 12.1 Å². The summed E-state index contributed by atoms with van der Waals surface area (Å²) in [5, 5.41) is 3.21. The molecule has 0 aromatic heterocycles. The molecule has 19 heavy (non-hydrogen) atoms. The van der Waals surface area contributed by atoms with Crippen molar-refractivity contribution >= 4 is 0 Å². The molecule has 0 saturated heterocycles. The standard InChI is InChI=1S/C14H20F3NO/c1-10(2)19-9-8-18-11(3)12-4-6-13(7-5-12)14(15,16)17/h4-7,10-11,18H,8-9H2,1-3H3. The fourth-order valence-electron chi connectivity index (χ4n) is 1.65. The van der Waals surface area contributed by atoms with Gasteiger partial charge in [-0.1, -0.05) is 12.1 Å². The number of hydrogen-bond acceptors (Lipinski definition) is 2. The van der Waals surface area contributed by atoms with Gasteiger partial charge in [-0.25, -0.2) is 0 Å². The van der Waals surface area contributed by atoms with E-state index in [-0.39, 0.29) is 12.1 Å². The summed E-state index contributed by atoms with van der Waals surface area (Å²) in [6, 6.07) is 5.22. The Morgan fingerprint density at radius 2 is 1.68 bits per heavy atom. The summed E-state index contributed by atoms with van der Waals surface area (Å²) in [6.45, 7) is 7.08. The van der Waals surface area contributed by atoms with Crippen LogP contribution < -0.4 is 5.32 Å². The normalized spacial score (nSPS) is 13.8. The highest BCUT2D eigenvalue weighted by Gasteiger charge is 2.30. The molecule has 1 aromatic carbocycles. The number of benzene rings is 1. The van der Waals surface area contributed by atoms with Crippen LogP contribution in [0, 0.1) is 0 Å². The van der Waals surface area contributed by atoms with Crippen molar-refractivity contribution in [2.45, 2.75) is 39.1 Å². The topological polar surface area (TPSA) is 21.3 Å². The van der Waals surface area contributed by atoms with Gasteiger partial charge in [0.25, 0.3) is 0 Å². The first-order valence-electron chi connectivity index (χ1n) is 6.33. The van der Waals surface area contributed by atoms with E-state index in [1.54, 1.807) is 0 Å². The molecule has 1 N–H and O–H groups in total. The van der Waals surface area contributed by atoms with Crippen LogP contribution >= 0.6 is 0 Å². The van der Waals surface area contributed by atoms with E-state index >= 15 is 0 Å². The molecule has 1 rings (SSSR count). The van der Waals surface area contributed by atoms with Crippen molar-refractivity contribution in [3.05, 3.63) is 35.4 Å². The van der Waals surface area contributed by atoms with Crippen molar-refractivity contribution < 1.29 is 17.9 Å². The highest BCUT2D eigenvalue weighted by Crippen LogP contribution is 2.29. The van der Waals surface area contributed by atoms with Gasteiger partial charge in [-0.05, 0) is 38.5 Å². The van der Waals surface area contributed by atoms with Gasteiger partial charge in [0.2, 0.25) is 0 Å². The van der Waals surface area contributed by atoms with Crippen molar-refractivity contribution in [1.29, 1.82) is 0 Å². The maximum absolute atomic E-state index is 12.4. The van der Waals surface area contributed by atoms with Crippen LogP contribution in [0.5, 0.6) is 0 Å². The molecule has 108 valence electrons. The predicted molar refractivity (Wildman–Crippen MR) is 68.9 cm³/mol. The SMILES string of the molecule is CC(C)OCCNC(C)c1ccc(C(F)(F)F)cc1. The van der Waals surface area contributed by atoms with Gasteiger partial charge in [0.15, 0.2) is 0 Å². The lowest BCUT2D eigenvalue weighted by molar-refractivity contribution is -0.137. The molecule has 0 heterocycles. The molecule has 1 unspecified atom stereocenters. The van der Waals surface area contributed by atoms with E-state index in [4.69, 9.17) is 4.74 Å². The van der Waals surface area contributed by atoms with Crippen molar-refractivity contribution in [1.82, 2.24) is 5.32 Å². The van der Waals surface area contributed by atoms with Crippen molar-refractivity contribution in [3.8, 4) is 0 Å². The Balaban J connectivity index is 2.47. The molecule has 0 spiro atoms. The molecule has 0 amide bonds. The van der Waals surface area contributed by atoms with Gasteiger partial charge < -0.3 is 10.1 Å². The van der Waals surface area contributed by atoms with Gasteiger partial charge in [-0.3, -0.25) is 0 Å². The van der Waals surface area contributed by atoms with E-state index in [1.807, 2.05) is 20.8 Å². The fraction of sp³-hybridized carbons (Fsp3) is 0.571. The zero-order valence-corrected chi connectivity index (χ0v) is 11.4. The molecule has 0 saturated carbocycles. The van der Waals surface area contributed by atoms with Crippen molar-refractivity contribution in [2.24, 2.45) is 0 Å². The number of halogens is 3. The zero-order chi connectivity index (χ0) is 14.5. The first-order valence-corrected chi connectivity index (χ1v) is 6.33. The Morgan fingerprint density at radius 1 is 1.11 bits per heavy atom. The van der Waals surface area contributed by atoms with Crippen molar-refractivity contribution in [2.75, 3.05) is 13.2 Å². The Bertz CT molecular complexity index is 373. The summed E-state index contributed by atoms with van der Waals surface area (Å²) in [5.41, 5.74) is 0.212. The van der Waals surface area contributed by atoms with E-state index in [0.29, 0.717) is 13.2 Å². The van der Waals surface area contributed by atoms with Crippen LogP contribution in [0.25, 0.3) is 0 Å².